The van der Waals surface area contributed by atoms with Crippen LogP contribution in [0.15, 0.2) is 12.1 Å². The lowest BCUT2D eigenvalue weighted by molar-refractivity contribution is -0.394. The molecule has 0 fully saturated rings. The summed E-state index contributed by atoms with van der Waals surface area (Å²) in [6, 6.07) is 2.06. The Hall–Kier alpha value is -2.26. The Morgan fingerprint density at radius 1 is 1.14 bits per heavy atom. The summed E-state index contributed by atoms with van der Waals surface area (Å²) >= 11 is 0. The Morgan fingerprint density at radius 2 is 1.76 bits per heavy atom. The molecule has 0 radical (unpaired) electrons. The third-order valence-electron chi connectivity index (χ3n) is 2.77. The number of nitrogens with zero attached hydrogens (tertiary/aromatic N) is 2. The third-order valence-corrected chi connectivity index (χ3v) is 2.77. The third kappa shape index (κ3) is 4.10. The first-order valence-corrected chi connectivity index (χ1v) is 6.08. The summed E-state index contributed by atoms with van der Waals surface area (Å²) in [5, 5.41) is 22.0. The number of hydrogen-bond donors (Lipinski definition) is 0. The standard InChI is InChI=1S/C12H16N2O7/c1-4-21-11-6-8(13(15)16)5-10(14(17)18)9(11)7-12(19-2)20-3/h5-6,12H,4,7H2,1-3H3. The van der Waals surface area contributed by atoms with Gasteiger partial charge in [-0.25, -0.2) is 0 Å². The fourth-order valence-corrected chi connectivity index (χ4v) is 1.80. The van der Waals surface area contributed by atoms with Crippen molar-refractivity contribution in [2.45, 2.75) is 19.6 Å². The molecule has 0 unspecified atom stereocenters. The van der Waals surface area contributed by atoms with E-state index in [9.17, 15) is 20.2 Å². The summed E-state index contributed by atoms with van der Waals surface area (Å²) in [5.41, 5.74) is -0.604. The maximum Gasteiger partial charge on any atom is 0.283 e. The van der Waals surface area contributed by atoms with Gasteiger partial charge in [0.2, 0.25) is 0 Å². The van der Waals surface area contributed by atoms with E-state index in [4.69, 9.17) is 14.2 Å². The minimum atomic E-state index is -0.718. The quantitative estimate of drug-likeness (QED) is 0.410. The van der Waals surface area contributed by atoms with Gasteiger partial charge in [-0.15, -0.1) is 0 Å². The van der Waals surface area contributed by atoms with Gasteiger partial charge in [-0.3, -0.25) is 20.2 Å². The van der Waals surface area contributed by atoms with E-state index < -0.39 is 27.5 Å². The average molecular weight is 300 g/mol. The lowest BCUT2D eigenvalue weighted by Crippen LogP contribution is -2.18. The maximum atomic E-state index is 11.2. The summed E-state index contributed by atoms with van der Waals surface area (Å²) < 4.78 is 15.3. The molecule has 0 aliphatic carbocycles. The zero-order valence-electron chi connectivity index (χ0n) is 11.9. The molecule has 0 saturated carbocycles. The predicted molar refractivity (Wildman–Crippen MR) is 72.4 cm³/mol. The molecule has 0 N–H and O–H groups in total. The average Bonchev–Trinajstić information content (AvgIpc) is 2.45. The molecule has 0 aliphatic heterocycles. The van der Waals surface area contributed by atoms with Crippen LogP contribution in [0.4, 0.5) is 11.4 Å². The number of ether oxygens (including phenoxy) is 3. The van der Waals surface area contributed by atoms with Crippen molar-refractivity contribution in [3.63, 3.8) is 0 Å². The van der Waals surface area contributed by atoms with Crippen molar-refractivity contribution < 1.29 is 24.1 Å². The molecular formula is C12H16N2O7. The van der Waals surface area contributed by atoms with Crippen molar-refractivity contribution in [2.75, 3.05) is 20.8 Å². The molecule has 0 aromatic heterocycles. The second-order valence-electron chi connectivity index (χ2n) is 3.99. The van der Waals surface area contributed by atoms with Crippen LogP contribution in [0.25, 0.3) is 0 Å². The molecule has 0 heterocycles. The molecular weight excluding hydrogens is 284 g/mol. The van der Waals surface area contributed by atoms with E-state index in [1.54, 1.807) is 6.92 Å². The molecule has 1 aromatic rings. The first-order valence-electron chi connectivity index (χ1n) is 6.08. The number of benzene rings is 1. The largest absolute Gasteiger partial charge is 0.493 e. The van der Waals surface area contributed by atoms with Gasteiger partial charge in [0, 0.05) is 20.6 Å². The number of hydrogen-bond acceptors (Lipinski definition) is 7. The van der Waals surface area contributed by atoms with Gasteiger partial charge in [0.1, 0.15) is 5.75 Å². The van der Waals surface area contributed by atoms with Crippen LogP contribution in [-0.2, 0) is 15.9 Å². The van der Waals surface area contributed by atoms with Crippen molar-refractivity contribution >= 4 is 11.4 Å². The van der Waals surface area contributed by atoms with Crippen molar-refractivity contribution in [1.82, 2.24) is 0 Å². The van der Waals surface area contributed by atoms with Crippen LogP contribution in [-0.4, -0.2) is 37.0 Å². The summed E-state index contributed by atoms with van der Waals surface area (Å²) in [7, 11) is 2.79. The van der Waals surface area contributed by atoms with Gasteiger partial charge in [0.15, 0.2) is 6.29 Å². The maximum absolute atomic E-state index is 11.2. The van der Waals surface area contributed by atoms with Crippen LogP contribution in [0.3, 0.4) is 0 Å². The Morgan fingerprint density at radius 3 is 2.19 bits per heavy atom. The fourth-order valence-electron chi connectivity index (χ4n) is 1.80. The van der Waals surface area contributed by atoms with E-state index in [1.165, 1.54) is 14.2 Å². The van der Waals surface area contributed by atoms with E-state index in [0.717, 1.165) is 12.1 Å². The first-order chi connectivity index (χ1) is 9.94. The normalized spacial score (nSPS) is 10.7. The second-order valence-corrected chi connectivity index (χ2v) is 3.99. The molecule has 116 valence electrons. The zero-order chi connectivity index (χ0) is 16.0. The van der Waals surface area contributed by atoms with E-state index >= 15 is 0 Å². The second kappa shape index (κ2) is 7.50. The molecule has 0 saturated heterocycles. The molecule has 9 nitrogen and oxygen atoms in total. The van der Waals surface area contributed by atoms with Crippen LogP contribution >= 0.6 is 0 Å². The number of nitro benzene ring substituents is 2. The fraction of sp³-hybridized carbons (Fsp3) is 0.500. The number of non-ortho nitro benzene ring substituents is 1. The van der Waals surface area contributed by atoms with E-state index in [-0.39, 0.29) is 24.3 Å². The van der Waals surface area contributed by atoms with Gasteiger partial charge in [-0.2, -0.15) is 0 Å². The van der Waals surface area contributed by atoms with Gasteiger partial charge < -0.3 is 14.2 Å². The molecule has 0 spiro atoms. The van der Waals surface area contributed by atoms with Crippen molar-refractivity contribution in [3.05, 3.63) is 37.9 Å². The van der Waals surface area contributed by atoms with E-state index in [2.05, 4.69) is 0 Å². The molecule has 1 rings (SSSR count). The van der Waals surface area contributed by atoms with Crippen LogP contribution in [0.2, 0.25) is 0 Å². The van der Waals surface area contributed by atoms with Crippen molar-refractivity contribution in [2.24, 2.45) is 0 Å². The van der Waals surface area contributed by atoms with E-state index in [1.807, 2.05) is 0 Å². The molecule has 0 aliphatic rings. The summed E-state index contributed by atoms with van der Waals surface area (Å²) in [4.78, 5) is 20.6. The molecule has 21 heavy (non-hydrogen) atoms. The molecule has 0 amide bonds. The first kappa shape index (κ1) is 16.8. The lowest BCUT2D eigenvalue weighted by Gasteiger charge is -2.16. The van der Waals surface area contributed by atoms with Crippen LogP contribution in [0.1, 0.15) is 12.5 Å². The highest BCUT2D eigenvalue weighted by Gasteiger charge is 2.27. The SMILES string of the molecule is CCOc1cc([N+](=O)[O-])cc([N+](=O)[O-])c1CC(OC)OC. The number of methoxy groups -OCH3 is 2. The minimum absolute atomic E-state index is 0.0383. The molecule has 9 heteroatoms. The van der Waals surface area contributed by atoms with E-state index in [0.29, 0.717) is 0 Å². The van der Waals surface area contributed by atoms with Crippen LogP contribution in [0.5, 0.6) is 5.75 Å². The van der Waals surface area contributed by atoms with Gasteiger partial charge in [0.05, 0.1) is 34.1 Å². The molecule has 1 aromatic carbocycles. The lowest BCUT2D eigenvalue weighted by atomic mass is 10.1. The summed E-state index contributed by atoms with van der Waals surface area (Å²) in [6.07, 6.45) is -0.680. The topological polar surface area (TPSA) is 114 Å². The van der Waals surface area contributed by atoms with Gasteiger partial charge in [-0.1, -0.05) is 0 Å². The van der Waals surface area contributed by atoms with Crippen LogP contribution < -0.4 is 4.74 Å². The Kier molecular flexibility index (Phi) is 6.00. The van der Waals surface area contributed by atoms with Crippen LogP contribution in [0, 0.1) is 20.2 Å². The zero-order valence-corrected chi connectivity index (χ0v) is 11.9. The number of nitro groups is 2. The minimum Gasteiger partial charge on any atom is -0.493 e. The Bertz CT molecular complexity index is 529. The van der Waals surface area contributed by atoms with Gasteiger partial charge >= 0.3 is 0 Å². The summed E-state index contributed by atoms with van der Waals surface area (Å²) in [6.45, 7) is 1.90. The Balaban J connectivity index is 3.41. The highest BCUT2D eigenvalue weighted by Crippen LogP contribution is 2.35. The smallest absolute Gasteiger partial charge is 0.283 e. The van der Waals surface area contributed by atoms with Gasteiger partial charge in [0.25, 0.3) is 11.4 Å². The predicted octanol–water partition coefficient (Wildman–Crippen LogP) is 2.06. The highest BCUT2D eigenvalue weighted by molar-refractivity contribution is 5.57. The van der Waals surface area contributed by atoms with Gasteiger partial charge in [-0.05, 0) is 6.92 Å². The Labute approximate surface area is 120 Å². The van der Waals surface area contributed by atoms with Crippen molar-refractivity contribution in [1.29, 1.82) is 0 Å². The monoisotopic (exact) mass is 300 g/mol. The van der Waals surface area contributed by atoms with Crippen molar-refractivity contribution in [3.8, 4) is 5.75 Å². The molecule has 0 atom stereocenters. The number of rotatable bonds is 8. The summed E-state index contributed by atoms with van der Waals surface area (Å²) in [5.74, 6) is 0.0810. The molecule has 0 bridgehead atoms. The highest BCUT2D eigenvalue weighted by atomic mass is 16.7.